The van der Waals surface area contributed by atoms with Crippen molar-refractivity contribution in [1.29, 1.82) is 0 Å². The molecule has 0 aliphatic heterocycles. The molecule has 0 saturated heterocycles. The molecule has 6 heteroatoms. The lowest BCUT2D eigenvalue weighted by atomic mass is 10.1. The molecule has 1 aromatic heterocycles. The van der Waals surface area contributed by atoms with Gasteiger partial charge in [0.25, 0.3) is 0 Å². The van der Waals surface area contributed by atoms with Crippen molar-refractivity contribution in [2.45, 2.75) is 32.9 Å². The maximum atomic E-state index is 6.00. The third-order valence-corrected chi connectivity index (χ3v) is 3.16. The van der Waals surface area contributed by atoms with Gasteiger partial charge < -0.3 is 10.5 Å². The van der Waals surface area contributed by atoms with Crippen molar-refractivity contribution in [2.24, 2.45) is 5.73 Å². The number of ether oxygens (including phenoxy) is 1. The number of hydrogen-bond donors (Lipinski definition) is 1. The molecule has 0 radical (unpaired) electrons. The number of nitrogens with zero attached hydrogens (tertiary/aromatic N) is 3. The van der Waals surface area contributed by atoms with Crippen LogP contribution in [0.1, 0.15) is 31.3 Å². The first-order chi connectivity index (χ1) is 9.61. The molecule has 2 aromatic rings. The van der Waals surface area contributed by atoms with Gasteiger partial charge in [0.1, 0.15) is 18.7 Å². The number of aromatic nitrogens is 3. The van der Waals surface area contributed by atoms with Crippen molar-refractivity contribution >= 4 is 11.6 Å². The summed E-state index contributed by atoms with van der Waals surface area (Å²) in [4.78, 5) is 4.22. The molecular formula is C14H19ClN4O. The van der Waals surface area contributed by atoms with Crippen molar-refractivity contribution in [3.8, 4) is 5.75 Å². The van der Waals surface area contributed by atoms with E-state index in [4.69, 9.17) is 22.1 Å². The Morgan fingerprint density at radius 1 is 1.40 bits per heavy atom. The average Bonchev–Trinajstić information content (AvgIpc) is 2.87. The Kier molecular flexibility index (Phi) is 4.98. The van der Waals surface area contributed by atoms with E-state index in [9.17, 15) is 0 Å². The smallest absolute Gasteiger partial charge is 0.165 e. The topological polar surface area (TPSA) is 66.0 Å². The van der Waals surface area contributed by atoms with E-state index >= 15 is 0 Å². The van der Waals surface area contributed by atoms with Crippen LogP contribution in [0.5, 0.6) is 5.75 Å². The lowest BCUT2D eigenvalue weighted by Crippen LogP contribution is -2.11. The third kappa shape index (κ3) is 3.49. The first-order valence-electron chi connectivity index (χ1n) is 6.61. The van der Waals surface area contributed by atoms with Gasteiger partial charge in [-0.15, -0.1) is 0 Å². The summed E-state index contributed by atoms with van der Waals surface area (Å²) in [5, 5.41) is 4.87. The summed E-state index contributed by atoms with van der Waals surface area (Å²) in [5.74, 6) is 1.59. The Balaban J connectivity index is 2.12. The monoisotopic (exact) mass is 294 g/mol. The molecule has 20 heavy (non-hydrogen) atoms. The summed E-state index contributed by atoms with van der Waals surface area (Å²) in [6.45, 7) is 5.04. The molecule has 1 aromatic carbocycles. The van der Waals surface area contributed by atoms with Crippen LogP contribution in [0, 0.1) is 0 Å². The van der Waals surface area contributed by atoms with Crippen LogP contribution in [0.2, 0.25) is 5.02 Å². The van der Waals surface area contributed by atoms with Crippen molar-refractivity contribution < 1.29 is 4.74 Å². The average molecular weight is 295 g/mol. The largest absolute Gasteiger partial charge is 0.485 e. The maximum absolute atomic E-state index is 6.00. The zero-order valence-corrected chi connectivity index (χ0v) is 12.5. The molecule has 0 spiro atoms. The minimum Gasteiger partial charge on any atom is -0.485 e. The summed E-state index contributed by atoms with van der Waals surface area (Å²) in [6.07, 6.45) is 2.27. The SMILES string of the molecule is CC(C)n1ncnc1COc1ccc(Cl)cc1CCN. The molecule has 108 valence electrons. The van der Waals surface area contributed by atoms with Gasteiger partial charge in [-0.05, 0) is 50.6 Å². The van der Waals surface area contributed by atoms with E-state index in [1.54, 1.807) is 6.33 Å². The summed E-state index contributed by atoms with van der Waals surface area (Å²) in [7, 11) is 0. The Labute approximate surface area is 123 Å². The van der Waals surface area contributed by atoms with Gasteiger partial charge in [0, 0.05) is 11.1 Å². The van der Waals surface area contributed by atoms with E-state index in [1.165, 1.54) is 0 Å². The lowest BCUT2D eigenvalue weighted by Gasteiger charge is -2.13. The van der Waals surface area contributed by atoms with Crippen LogP contribution < -0.4 is 10.5 Å². The Morgan fingerprint density at radius 2 is 2.20 bits per heavy atom. The van der Waals surface area contributed by atoms with E-state index in [0.717, 1.165) is 23.6 Å². The fourth-order valence-corrected chi connectivity index (χ4v) is 2.19. The fourth-order valence-electron chi connectivity index (χ4n) is 1.99. The molecule has 0 saturated carbocycles. The predicted molar refractivity (Wildman–Crippen MR) is 78.9 cm³/mol. The number of benzene rings is 1. The Morgan fingerprint density at radius 3 is 2.90 bits per heavy atom. The summed E-state index contributed by atoms with van der Waals surface area (Å²) >= 11 is 6.00. The van der Waals surface area contributed by atoms with E-state index < -0.39 is 0 Å². The second-order valence-corrected chi connectivity index (χ2v) is 5.23. The van der Waals surface area contributed by atoms with Crippen LogP contribution in [0.4, 0.5) is 0 Å². The van der Waals surface area contributed by atoms with Crippen molar-refractivity contribution in [3.05, 3.63) is 40.9 Å². The molecule has 0 fully saturated rings. The quantitative estimate of drug-likeness (QED) is 0.889. The Hall–Kier alpha value is -1.59. The highest BCUT2D eigenvalue weighted by molar-refractivity contribution is 6.30. The van der Waals surface area contributed by atoms with Crippen molar-refractivity contribution in [1.82, 2.24) is 14.8 Å². The van der Waals surface area contributed by atoms with Crippen molar-refractivity contribution in [3.63, 3.8) is 0 Å². The number of halogens is 1. The molecule has 2 N–H and O–H groups in total. The van der Waals surface area contributed by atoms with Crippen LogP contribution in [0.25, 0.3) is 0 Å². The standard InChI is InChI=1S/C14H19ClN4O/c1-10(2)19-14(17-9-18-19)8-20-13-4-3-12(15)7-11(13)5-6-16/h3-4,7,9-10H,5-6,8,16H2,1-2H3. The predicted octanol–water partition coefficient (Wildman–Crippen LogP) is 2.59. The number of nitrogens with two attached hydrogens (primary N) is 1. The second-order valence-electron chi connectivity index (χ2n) is 4.79. The van der Waals surface area contributed by atoms with E-state index in [0.29, 0.717) is 18.2 Å². The van der Waals surface area contributed by atoms with E-state index in [-0.39, 0.29) is 6.04 Å². The van der Waals surface area contributed by atoms with Crippen LogP contribution in [-0.4, -0.2) is 21.3 Å². The van der Waals surface area contributed by atoms with Crippen molar-refractivity contribution in [2.75, 3.05) is 6.54 Å². The first kappa shape index (κ1) is 14.8. The van der Waals surface area contributed by atoms with Gasteiger partial charge in [0.05, 0.1) is 0 Å². The van der Waals surface area contributed by atoms with Crippen LogP contribution in [-0.2, 0) is 13.0 Å². The zero-order valence-electron chi connectivity index (χ0n) is 11.7. The van der Waals surface area contributed by atoms with Gasteiger partial charge in [-0.25, -0.2) is 9.67 Å². The van der Waals surface area contributed by atoms with E-state index in [2.05, 4.69) is 23.9 Å². The summed E-state index contributed by atoms with van der Waals surface area (Å²) < 4.78 is 7.69. The minimum atomic E-state index is 0.254. The molecule has 2 rings (SSSR count). The van der Waals surface area contributed by atoms with Gasteiger partial charge in [-0.1, -0.05) is 11.6 Å². The van der Waals surface area contributed by atoms with Gasteiger partial charge in [-0.3, -0.25) is 0 Å². The summed E-state index contributed by atoms with van der Waals surface area (Å²) in [6, 6.07) is 5.81. The Bertz CT molecular complexity index is 568. The van der Waals surface area contributed by atoms with Gasteiger partial charge in [0.15, 0.2) is 5.82 Å². The molecule has 0 bridgehead atoms. The highest BCUT2D eigenvalue weighted by Crippen LogP contribution is 2.24. The highest BCUT2D eigenvalue weighted by atomic mass is 35.5. The van der Waals surface area contributed by atoms with Gasteiger partial charge >= 0.3 is 0 Å². The van der Waals surface area contributed by atoms with Crippen LogP contribution in [0.15, 0.2) is 24.5 Å². The molecule has 0 unspecified atom stereocenters. The normalized spacial score (nSPS) is 11.1. The first-order valence-corrected chi connectivity index (χ1v) is 6.99. The third-order valence-electron chi connectivity index (χ3n) is 2.93. The molecule has 1 heterocycles. The molecule has 0 atom stereocenters. The minimum absolute atomic E-state index is 0.254. The lowest BCUT2D eigenvalue weighted by molar-refractivity contribution is 0.280. The van der Waals surface area contributed by atoms with Gasteiger partial charge in [-0.2, -0.15) is 5.10 Å². The molecule has 5 nitrogen and oxygen atoms in total. The van der Waals surface area contributed by atoms with Crippen LogP contribution >= 0.6 is 11.6 Å². The number of hydrogen-bond acceptors (Lipinski definition) is 4. The molecular weight excluding hydrogens is 276 g/mol. The fraction of sp³-hybridized carbons (Fsp3) is 0.429. The molecule has 0 aliphatic carbocycles. The number of rotatable bonds is 6. The zero-order chi connectivity index (χ0) is 14.5. The second kappa shape index (κ2) is 6.72. The van der Waals surface area contributed by atoms with E-state index in [1.807, 2.05) is 22.9 Å². The van der Waals surface area contributed by atoms with Crippen LogP contribution in [0.3, 0.4) is 0 Å². The maximum Gasteiger partial charge on any atom is 0.165 e. The molecule has 0 amide bonds. The highest BCUT2D eigenvalue weighted by Gasteiger charge is 2.10. The molecule has 0 aliphatic rings. The summed E-state index contributed by atoms with van der Waals surface area (Å²) in [5.41, 5.74) is 6.62. The van der Waals surface area contributed by atoms with Gasteiger partial charge in [0.2, 0.25) is 0 Å².